The van der Waals surface area contributed by atoms with Gasteiger partial charge in [0.15, 0.2) is 5.43 Å². The molecule has 3 aliphatic rings. The Balaban J connectivity index is 1.76. The molecule has 1 aromatic rings. The standard InChI is InChI=1S/C20H26O4/c1-11-9-14(21)13-10-12-5-6-15-19(2,3)16(22)7-8-20(15,4)17(12)24-18(13)23-11/h9,12,15,17H,5-8,10H2,1-4H3. The third-order valence-corrected chi connectivity index (χ3v) is 7.01. The van der Waals surface area contributed by atoms with E-state index in [4.69, 9.17) is 9.15 Å². The van der Waals surface area contributed by atoms with Gasteiger partial charge in [-0.2, -0.15) is 0 Å². The highest BCUT2D eigenvalue weighted by Gasteiger charge is 2.59. The van der Waals surface area contributed by atoms with Crippen molar-refractivity contribution in [3.8, 4) is 5.95 Å². The molecule has 0 bridgehead atoms. The van der Waals surface area contributed by atoms with Gasteiger partial charge >= 0.3 is 0 Å². The predicted molar refractivity (Wildman–Crippen MR) is 90.2 cm³/mol. The van der Waals surface area contributed by atoms with Gasteiger partial charge in [-0.3, -0.25) is 9.59 Å². The molecule has 0 N–H and O–H groups in total. The van der Waals surface area contributed by atoms with Gasteiger partial charge in [0.05, 0.1) is 5.56 Å². The van der Waals surface area contributed by atoms with Crippen LogP contribution >= 0.6 is 0 Å². The number of rotatable bonds is 0. The van der Waals surface area contributed by atoms with Crippen LogP contribution in [0.15, 0.2) is 15.3 Å². The molecule has 1 aliphatic heterocycles. The average Bonchev–Trinajstić information content (AvgIpc) is 2.50. The molecule has 0 aromatic carbocycles. The molecule has 2 fully saturated rings. The van der Waals surface area contributed by atoms with E-state index < -0.39 is 0 Å². The minimum Gasteiger partial charge on any atom is -0.461 e. The van der Waals surface area contributed by atoms with Gasteiger partial charge in [0, 0.05) is 29.2 Å². The molecular weight excluding hydrogens is 304 g/mol. The molecule has 0 saturated heterocycles. The van der Waals surface area contributed by atoms with Crippen LogP contribution in [0, 0.1) is 29.6 Å². The maximum atomic E-state index is 12.5. The number of fused-ring (bicyclic) bond motifs is 4. The summed E-state index contributed by atoms with van der Waals surface area (Å²) in [6.45, 7) is 8.25. The first-order valence-electron chi connectivity index (χ1n) is 9.07. The first kappa shape index (κ1) is 15.9. The molecule has 24 heavy (non-hydrogen) atoms. The predicted octanol–water partition coefficient (Wildman–Crippen LogP) is 3.67. The SMILES string of the molecule is Cc1cc(=O)c2c(o1)OC1C(CCC3C(C)(C)C(=O)CCC13C)C2. The number of ketones is 1. The van der Waals surface area contributed by atoms with Crippen molar-refractivity contribution in [2.24, 2.45) is 22.7 Å². The largest absolute Gasteiger partial charge is 0.461 e. The fourth-order valence-corrected chi connectivity index (χ4v) is 5.71. The minimum atomic E-state index is -0.297. The van der Waals surface area contributed by atoms with E-state index >= 15 is 0 Å². The molecule has 0 spiro atoms. The molecule has 2 heterocycles. The van der Waals surface area contributed by atoms with E-state index in [9.17, 15) is 9.59 Å². The molecule has 130 valence electrons. The van der Waals surface area contributed by atoms with Gasteiger partial charge in [0.1, 0.15) is 17.6 Å². The van der Waals surface area contributed by atoms with Crippen molar-refractivity contribution in [1.29, 1.82) is 0 Å². The van der Waals surface area contributed by atoms with Gasteiger partial charge in [-0.1, -0.05) is 20.8 Å². The Morgan fingerprint density at radius 3 is 2.67 bits per heavy atom. The van der Waals surface area contributed by atoms with Crippen LogP contribution in [0.25, 0.3) is 0 Å². The second-order valence-electron chi connectivity index (χ2n) is 8.77. The number of hydrogen-bond donors (Lipinski definition) is 0. The molecule has 0 radical (unpaired) electrons. The monoisotopic (exact) mass is 330 g/mol. The Labute approximate surface area is 142 Å². The van der Waals surface area contributed by atoms with Crippen molar-refractivity contribution in [3.05, 3.63) is 27.6 Å². The molecular formula is C20H26O4. The second-order valence-corrected chi connectivity index (χ2v) is 8.77. The lowest BCUT2D eigenvalue weighted by atomic mass is 9.48. The Morgan fingerprint density at radius 1 is 1.17 bits per heavy atom. The summed E-state index contributed by atoms with van der Waals surface area (Å²) in [5.41, 5.74) is 0.378. The quantitative estimate of drug-likeness (QED) is 0.728. The smallest absolute Gasteiger partial charge is 0.292 e. The summed E-state index contributed by atoms with van der Waals surface area (Å²) in [7, 11) is 0. The van der Waals surface area contributed by atoms with Crippen LogP contribution in [-0.4, -0.2) is 11.9 Å². The van der Waals surface area contributed by atoms with E-state index in [0.717, 1.165) is 25.7 Å². The van der Waals surface area contributed by atoms with Crippen molar-refractivity contribution in [1.82, 2.24) is 0 Å². The lowest BCUT2D eigenvalue weighted by Crippen LogP contribution is -2.60. The Bertz CT molecular complexity index is 759. The number of aryl methyl sites for hydroxylation is 1. The van der Waals surface area contributed by atoms with Gasteiger partial charge in [-0.25, -0.2) is 0 Å². The summed E-state index contributed by atoms with van der Waals surface area (Å²) in [5, 5.41) is 0. The van der Waals surface area contributed by atoms with Crippen LogP contribution in [0.3, 0.4) is 0 Å². The molecule has 4 rings (SSSR count). The number of hydrogen-bond acceptors (Lipinski definition) is 4. The Kier molecular flexibility index (Phi) is 3.29. The van der Waals surface area contributed by atoms with Crippen molar-refractivity contribution in [2.45, 2.75) is 65.9 Å². The third-order valence-electron chi connectivity index (χ3n) is 7.01. The Hall–Kier alpha value is -1.58. The maximum absolute atomic E-state index is 12.5. The van der Waals surface area contributed by atoms with Gasteiger partial charge in [0.2, 0.25) is 0 Å². The number of ether oxygens (including phenoxy) is 1. The highest BCUT2D eigenvalue weighted by molar-refractivity contribution is 5.85. The van der Waals surface area contributed by atoms with Crippen molar-refractivity contribution < 1.29 is 13.9 Å². The summed E-state index contributed by atoms with van der Waals surface area (Å²) in [4.78, 5) is 24.7. The van der Waals surface area contributed by atoms with E-state index in [2.05, 4.69) is 20.8 Å². The first-order valence-corrected chi connectivity index (χ1v) is 9.07. The van der Waals surface area contributed by atoms with E-state index in [-0.39, 0.29) is 22.4 Å². The third kappa shape index (κ3) is 2.04. The van der Waals surface area contributed by atoms with Gasteiger partial charge in [-0.05, 0) is 38.5 Å². The lowest BCUT2D eigenvalue weighted by molar-refractivity contribution is -0.162. The molecule has 2 saturated carbocycles. The fraction of sp³-hybridized carbons (Fsp3) is 0.700. The molecule has 1 aromatic heterocycles. The summed E-state index contributed by atoms with van der Waals surface area (Å²) >= 11 is 0. The van der Waals surface area contributed by atoms with Gasteiger partial charge in [-0.15, -0.1) is 0 Å². The van der Waals surface area contributed by atoms with Crippen molar-refractivity contribution in [3.63, 3.8) is 0 Å². The van der Waals surface area contributed by atoms with E-state index in [0.29, 0.717) is 41.3 Å². The van der Waals surface area contributed by atoms with Crippen LogP contribution in [0.5, 0.6) is 5.95 Å². The number of Topliss-reactive ketones (excluding diaryl/α,β-unsaturated/α-hetero) is 1. The second kappa shape index (κ2) is 4.96. The molecule has 2 aliphatic carbocycles. The van der Waals surface area contributed by atoms with E-state index in [1.807, 2.05) is 0 Å². The lowest BCUT2D eigenvalue weighted by Gasteiger charge is -2.58. The zero-order chi connectivity index (χ0) is 17.3. The average molecular weight is 330 g/mol. The summed E-state index contributed by atoms with van der Waals surface area (Å²) < 4.78 is 12.1. The Morgan fingerprint density at radius 2 is 1.92 bits per heavy atom. The fourth-order valence-electron chi connectivity index (χ4n) is 5.71. The maximum Gasteiger partial charge on any atom is 0.292 e. The molecule has 4 heteroatoms. The molecule has 4 atom stereocenters. The first-order chi connectivity index (χ1) is 11.2. The van der Waals surface area contributed by atoms with E-state index in [1.54, 1.807) is 13.0 Å². The van der Waals surface area contributed by atoms with Crippen LogP contribution < -0.4 is 10.2 Å². The van der Waals surface area contributed by atoms with Gasteiger partial charge in [0.25, 0.3) is 5.95 Å². The van der Waals surface area contributed by atoms with Crippen LogP contribution in [0.1, 0.15) is 57.8 Å². The van der Waals surface area contributed by atoms with Crippen molar-refractivity contribution in [2.75, 3.05) is 0 Å². The normalized spacial score (nSPS) is 37.0. The summed E-state index contributed by atoms with van der Waals surface area (Å²) in [6.07, 6.45) is 4.30. The van der Waals surface area contributed by atoms with Gasteiger partial charge < -0.3 is 9.15 Å². The topological polar surface area (TPSA) is 56.5 Å². The molecule has 4 nitrogen and oxygen atoms in total. The highest BCUT2D eigenvalue weighted by atomic mass is 16.6. The zero-order valence-electron chi connectivity index (χ0n) is 15.0. The molecule has 0 amide bonds. The van der Waals surface area contributed by atoms with Crippen molar-refractivity contribution >= 4 is 5.78 Å². The molecule has 4 unspecified atom stereocenters. The number of carbonyl (C=O) groups excluding carboxylic acids is 1. The zero-order valence-corrected chi connectivity index (χ0v) is 15.0. The summed E-state index contributed by atoms with van der Waals surface area (Å²) in [6, 6.07) is 1.55. The van der Waals surface area contributed by atoms with Crippen LogP contribution in [0.4, 0.5) is 0 Å². The summed E-state index contributed by atoms with van der Waals surface area (Å²) in [5.74, 6) is 2.05. The number of carbonyl (C=O) groups is 1. The highest BCUT2D eigenvalue weighted by Crippen LogP contribution is 2.59. The van der Waals surface area contributed by atoms with Crippen LogP contribution in [-0.2, 0) is 11.2 Å². The minimum absolute atomic E-state index is 0.0265. The van der Waals surface area contributed by atoms with Crippen LogP contribution in [0.2, 0.25) is 0 Å². The van der Waals surface area contributed by atoms with E-state index in [1.165, 1.54) is 0 Å².